The zero-order chi connectivity index (χ0) is 17.9. The highest BCUT2D eigenvalue weighted by Crippen LogP contribution is 2.31. The van der Waals surface area contributed by atoms with E-state index in [0.29, 0.717) is 11.6 Å². The van der Waals surface area contributed by atoms with Crippen molar-refractivity contribution in [3.8, 4) is 0 Å². The molecule has 0 bridgehead atoms. The van der Waals surface area contributed by atoms with Crippen LogP contribution in [0.1, 0.15) is 28.8 Å². The van der Waals surface area contributed by atoms with Crippen LogP contribution in [-0.2, 0) is 29.8 Å². The van der Waals surface area contributed by atoms with Gasteiger partial charge in [0.25, 0.3) is 0 Å². The van der Waals surface area contributed by atoms with E-state index in [9.17, 15) is 4.79 Å². The molecule has 4 rings (SSSR count). The molecule has 132 valence electrons. The highest BCUT2D eigenvalue weighted by Gasteiger charge is 2.26. The van der Waals surface area contributed by atoms with E-state index in [4.69, 9.17) is 5.73 Å². The van der Waals surface area contributed by atoms with Gasteiger partial charge in [-0.2, -0.15) is 5.10 Å². The van der Waals surface area contributed by atoms with Crippen molar-refractivity contribution in [2.75, 3.05) is 0 Å². The molecule has 0 radical (unpaired) electrons. The Morgan fingerprint density at radius 1 is 1.15 bits per heavy atom. The van der Waals surface area contributed by atoms with Crippen LogP contribution in [0.25, 0.3) is 0 Å². The Labute approximate surface area is 155 Å². The van der Waals surface area contributed by atoms with Gasteiger partial charge in [-0.3, -0.25) is 4.79 Å². The normalized spacial score (nSPS) is 13.7. The number of rotatable bonds is 6. The van der Waals surface area contributed by atoms with Gasteiger partial charge in [0.1, 0.15) is 5.82 Å². The van der Waals surface area contributed by atoms with Gasteiger partial charge in [0, 0.05) is 6.20 Å². The van der Waals surface area contributed by atoms with Gasteiger partial charge in [0.15, 0.2) is 5.82 Å². The van der Waals surface area contributed by atoms with E-state index in [-0.39, 0.29) is 12.5 Å². The van der Waals surface area contributed by atoms with E-state index in [1.807, 2.05) is 22.9 Å². The van der Waals surface area contributed by atoms with Gasteiger partial charge < -0.3 is 5.73 Å². The van der Waals surface area contributed by atoms with Crippen molar-refractivity contribution in [3.05, 3.63) is 71.4 Å². The maximum Gasteiger partial charge on any atom is 0.225 e. The fraction of sp³-hybridized carbons (Fsp3) is 0.263. The smallest absolute Gasteiger partial charge is 0.225 e. The number of amides is 1. The highest BCUT2D eigenvalue weighted by molar-refractivity contribution is 7.98. The third-order valence-electron chi connectivity index (χ3n) is 4.44. The molecule has 1 aromatic carbocycles. The van der Waals surface area contributed by atoms with E-state index in [0.717, 1.165) is 23.7 Å². The van der Waals surface area contributed by atoms with Gasteiger partial charge in [0.2, 0.25) is 5.91 Å². The highest BCUT2D eigenvalue weighted by atomic mass is 32.2. The van der Waals surface area contributed by atoms with Crippen LogP contribution in [0.5, 0.6) is 0 Å². The average Bonchev–Trinajstić information content (AvgIpc) is 3.23. The van der Waals surface area contributed by atoms with E-state index in [1.54, 1.807) is 18.0 Å². The number of fused-ring (bicyclic) bond motifs is 1. The molecule has 1 aliphatic carbocycles. The number of nitrogens with zero attached hydrogens (tertiary/aromatic N) is 4. The molecule has 0 fully saturated rings. The number of hydrogen-bond donors (Lipinski definition) is 1. The van der Waals surface area contributed by atoms with Crippen LogP contribution >= 0.6 is 11.8 Å². The lowest BCUT2D eigenvalue weighted by atomic mass is 10.1. The van der Waals surface area contributed by atoms with E-state index < -0.39 is 5.91 Å². The maximum atomic E-state index is 11.3. The van der Waals surface area contributed by atoms with E-state index in [2.05, 4.69) is 39.3 Å². The Bertz CT molecular complexity index is 900. The average molecular weight is 365 g/mol. The maximum absolute atomic E-state index is 11.3. The van der Waals surface area contributed by atoms with Crippen molar-refractivity contribution >= 4 is 17.7 Å². The van der Waals surface area contributed by atoms with Crippen molar-refractivity contribution in [1.82, 2.24) is 19.7 Å². The van der Waals surface area contributed by atoms with Gasteiger partial charge >= 0.3 is 0 Å². The number of pyridine rings is 1. The Kier molecular flexibility index (Phi) is 4.71. The van der Waals surface area contributed by atoms with E-state index >= 15 is 0 Å². The molecule has 26 heavy (non-hydrogen) atoms. The lowest BCUT2D eigenvalue weighted by molar-refractivity contribution is -0.117. The standard InChI is InChI=1S/C19H19N5OS/c20-16(25)11-17-22-18(12-26-19-7-3-4-8-21-19)24(23-17)15-9-13-5-1-2-6-14(13)10-15/h1-8,15H,9-12H2,(H2,20,25). The van der Waals surface area contributed by atoms with Crippen LogP contribution in [0.2, 0.25) is 0 Å². The number of nitrogens with two attached hydrogens (primary N) is 1. The van der Waals surface area contributed by atoms with Crippen LogP contribution in [-0.4, -0.2) is 25.7 Å². The molecule has 2 aromatic heterocycles. The summed E-state index contributed by atoms with van der Waals surface area (Å²) in [6, 6.07) is 14.5. The molecule has 3 aromatic rings. The molecule has 1 aliphatic rings. The fourth-order valence-corrected chi connectivity index (χ4v) is 4.09. The van der Waals surface area contributed by atoms with Gasteiger partial charge in [-0.25, -0.2) is 14.6 Å². The van der Waals surface area contributed by atoms with Crippen LogP contribution in [0.3, 0.4) is 0 Å². The molecular weight excluding hydrogens is 346 g/mol. The minimum absolute atomic E-state index is 0.0634. The molecule has 2 N–H and O–H groups in total. The number of primary amides is 1. The van der Waals surface area contributed by atoms with Crippen molar-refractivity contribution < 1.29 is 4.79 Å². The summed E-state index contributed by atoms with van der Waals surface area (Å²) in [5, 5.41) is 5.54. The minimum Gasteiger partial charge on any atom is -0.369 e. The second kappa shape index (κ2) is 7.29. The Hall–Kier alpha value is -2.67. The van der Waals surface area contributed by atoms with Gasteiger partial charge in [-0.15, -0.1) is 0 Å². The van der Waals surface area contributed by atoms with Crippen LogP contribution < -0.4 is 5.73 Å². The zero-order valence-electron chi connectivity index (χ0n) is 14.2. The van der Waals surface area contributed by atoms with Crippen molar-refractivity contribution in [2.24, 2.45) is 5.73 Å². The largest absolute Gasteiger partial charge is 0.369 e. The molecule has 0 atom stereocenters. The molecule has 0 spiro atoms. The summed E-state index contributed by atoms with van der Waals surface area (Å²) in [4.78, 5) is 20.2. The Balaban J connectivity index is 1.58. The minimum atomic E-state index is -0.416. The Morgan fingerprint density at radius 3 is 2.54 bits per heavy atom. The second-order valence-electron chi connectivity index (χ2n) is 6.32. The fourth-order valence-electron chi connectivity index (χ4n) is 3.31. The third-order valence-corrected chi connectivity index (χ3v) is 5.38. The first-order valence-corrected chi connectivity index (χ1v) is 9.51. The van der Waals surface area contributed by atoms with Gasteiger partial charge in [0.05, 0.1) is 23.2 Å². The number of benzene rings is 1. The van der Waals surface area contributed by atoms with Crippen molar-refractivity contribution in [1.29, 1.82) is 0 Å². The predicted octanol–water partition coefficient (Wildman–Crippen LogP) is 2.33. The Morgan fingerprint density at radius 2 is 1.88 bits per heavy atom. The predicted molar refractivity (Wildman–Crippen MR) is 99.6 cm³/mol. The first kappa shape index (κ1) is 16.8. The molecule has 0 aliphatic heterocycles. The number of carbonyl (C=O) groups excluding carboxylic acids is 1. The number of aromatic nitrogens is 4. The van der Waals surface area contributed by atoms with Gasteiger partial charge in [-0.1, -0.05) is 42.1 Å². The summed E-state index contributed by atoms with van der Waals surface area (Å²) in [7, 11) is 0. The number of carbonyl (C=O) groups is 1. The topological polar surface area (TPSA) is 86.7 Å². The van der Waals surface area contributed by atoms with Crippen molar-refractivity contribution in [3.63, 3.8) is 0 Å². The lowest BCUT2D eigenvalue weighted by Crippen LogP contribution is -2.16. The summed E-state index contributed by atoms with van der Waals surface area (Å²) in [6.45, 7) is 0. The molecule has 2 heterocycles. The van der Waals surface area contributed by atoms with E-state index in [1.165, 1.54) is 11.1 Å². The molecule has 1 amide bonds. The number of thioether (sulfide) groups is 1. The first-order valence-electron chi connectivity index (χ1n) is 8.52. The molecule has 0 unspecified atom stereocenters. The van der Waals surface area contributed by atoms with Crippen LogP contribution in [0.4, 0.5) is 0 Å². The summed E-state index contributed by atoms with van der Waals surface area (Å²) >= 11 is 1.61. The summed E-state index contributed by atoms with van der Waals surface area (Å²) in [6.07, 6.45) is 3.70. The monoisotopic (exact) mass is 365 g/mol. The SMILES string of the molecule is NC(=O)Cc1nc(CSc2ccccn2)n(C2Cc3ccccc3C2)n1. The molecule has 0 saturated carbocycles. The van der Waals surface area contributed by atoms with Crippen LogP contribution in [0.15, 0.2) is 53.7 Å². The van der Waals surface area contributed by atoms with Gasteiger partial charge in [-0.05, 0) is 36.1 Å². The molecule has 6 nitrogen and oxygen atoms in total. The number of hydrogen-bond acceptors (Lipinski definition) is 5. The summed E-state index contributed by atoms with van der Waals surface area (Å²) in [5.74, 6) is 1.58. The zero-order valence-corrected chi connectivity index (χ0v) is 15.0. The van der Waals surface area contributed by atoms with Crippen LogP contribution in [0, 0.1) is 0 Å². The first-order chi connectivity index (χ1) is 12.7. The summed E-state index contributed by atoms with van der Waals surface area (Å²) < 4.78 is 1.98. The second-order valence-corrected chi connectivity index (χ2v) is 7.31. The summed E-state index contributed by atoms with van der Waals surface area (Å²) in [5.41, 5.74) is 8.04. The quantitative estimate of drug-likeness (QED) is 0.678. The molecular formula is C19H19N5OS. The lowest BCUT2D eigenvalue weighted by Gasteiger charge is -2.12. The molecule has 7 heteroatoms. The third kappa shape index (κ3) is 3.62. The van der Waals surface area contributed by atoms with Crippen molar-refractivity contribution in [2.45, 2.75) is 36.1 Å². The molecule has 0 saturated heterocycles.